The number of para-hydroxylation sites is 1. The number of carboxylic acids is 1. The first kappa shape index (κ1) is 29.7. The number of aromatic nitrogens is 1. The maximum Gasteiger partial charge on any atom is 0.305 e. The van der Waals surface area contributed by atoms with Gasteiger partial charge in [-0.1, -0.05) is 62.4 Å². The molecule has 0 saturated carbocycles. The van der Waals surface area contributed by atoms with Gasteiger partial charge in [-0.2, -0.15) is 0 Å². The molecule has 214 valence electrons. The molecule has 4 rings (SSSR count). The van der Waals surface area contributed by atoms with Crippen molar-refractivity contribution in [1.82, 2.24) is 4.57 Å². The van der Waals surface area contributed by atoms with E-state index >= 15 is 0 Å². The van der Waals surface area contributed by atoms with Crippen LogP contribution in [0.5, 0.6) is 0 Å². The van der Waals surface area contributed by atoms with Crippen LogP contribution in [0.25, 0.3) is 22.4 Å². The molecular formula is C33H35FN2O5. The van der Waals surface area contributed by atoms with E-state index in [2.05, 4.69) is 5.32 Å². The second-order valence-corrected chi connectivity index (χ2v) is 10.4. The van der Waals surface area contributed by atoms with Gasteiger partial charge in [0.15, 0.2) is 0 Å². The number of nitrogens with zero attached hydrogens (tertiary/aromatic N) is 1. The number of nitrogens with one attached hydrogen (secondary N) is 1. The van der Waals surface area contributed by atoms with Crippen LogP contribution >= 0.6 is 0 Å². The number of carbonyl (C=O) groups excluding carboxylic acids is 1. The second-order valence-electron chi connectivity index (χ2n) is 10.4. The molecule has 1 aromatic heterocycles. The molecule has 0 aliphatic rings. The summed E-state index contributed by atoms with van der Waals surface area (Å²) in [6, 6.07) is 24.8. The lowest BCUT2D eigenvalue weighted by Crippen LogP contribution is -2.22. The van der Waals surface area contributed by atoms with E-state index in [0.717, 1.165) is 11.3 Å². The summed E-state index contributed by atoms with van der Waals surface area (Å²) >= 11 is 0. The van der Waals surface area contributed by atoms with Crippen molar-refractivity contribution in [2.75, 3.05) is 5.32 Å². The number of rotatable bonds is 12. The van der Waals surface area contributed by atoms with Crippen molar-refractivity contribution in [3.63, 3.8) is 0 Å². The maximum absolute atomic E-state index is 14.0. The van der Waals surface area contributed by atoms with Gasteiger partial charge in [-0.25, -0.2) is 4.39 Å². The summed E-state index contributed by atoms with van der Waals surface area (Å²) in [5.74, 6) is -1.93. The number of anilines is 1. The van der Waals surface area contributed by atoms with Gasteiger partial charge in [0.2, 0.25) is 0 Å². The number of hydrogen-bond donors (Lipinski definition) is 4. The molecule has 7 nitrogen and oxygen atoms in total. The number of aliphatic carboxylic acids is 1. The summed E-state index contributed by atoms with van der Waals surface area (Å²) in [7, 11) is 0. The number of halogens is 1. The third kappa shape index (κ3) is 7.28. The van der Waals surface area contributed by atoms with Crippen LogP contribution in [0.4, 0.5) is 10.1 Å². The van der Waals surface area contributed by atoms with E-state index in [-0.39, 0.29) is 37.0 Å². The Morgan fingerprint density at radius 2 is 1.46 bits per heavy atom. The molecule has 3 aromatic carbocycles. The average molecular weight is 559 g/mol. The molecule has 0 spiro atoms. The zero-order valence-corrected chi connectivity index (χ0v) is 23.1. The third-order valence-corrected chi connectivity index (χ3v) is 6.93. The minimum atomic E-state index is -1.18. The van der Waals surface area contributed by atoms with E-state index in [1.165, 1.54) is 12.1 Å². The van der Waals surface area contributed by atoms with Crippen LogP contribution in [0, 0.1) is 5.82 Å². The first-order chi connectivity index (χ1) is 19.7. The van der Waals surface area contributed by atoms with Gasteiger partial charge in [0.1, 0.15) is 5.82 Å². The molecule has 0 fully saturated rings. The highest BCUT2D eigenvalue weighted by molar-refractivity contribution is 6.12. The van der Waals surface area contributed by atoms with Gasteiger partial charge < -0.3 is 25.2 Å². The van der Waals surface area contributed by atoms with E-state index in [0.29, 0.717) is 28.1 Å². The molecule has 4 N–H and O–H groups in total. The second kappa shape index (κ2) is 13.4. The number of benzene rings is 3. The molecule has 8 heteroatoms. The summed E-state index contributed by atoms with van der Waals surface area (Å²) in [5.41, 5.74) is 4.77. The van der Waals surface area contributed by atoms with Gasteiger partial charge in [-0.15, -0.1) is 0 Å². The normalized spacial score (nSPS) is 12.7. The monoisotopic (exact) mass is 558 g/mol. The first-order valence-corrected chi connectivity index (χ1v) is 13.7. The molecule has 0 saturated heterocycles. The van der Waals surface area contributed by atoms with Gasteiger partial charge >= 0.3 is 5.97 Å². The van der Waals surface area contributed by atoms with E-state index < -0.39 is 24.6 Å². The largest absolute Gasteiger partial charge is 0.481 e. The third-order valence-electron chi connectivity index (χ3n) is 6.93. The van der Waals surface area contributed by atoms with E-state index in [4.69, 9.17) is 5.11 Å². The van der Waals surface area contributed by atoms with Crippen molar-refractivity contribution in [3.8, 4) is 22.4 Å². The Kier molecular flexibility index (Phi) is 9.70. The standard InChI is InChI=1S/C33H35FN2O5/c1-21(2)31-30(33(41)35-25-11-7-4-8-12-25)29(22-9-5-3-6-10-22)32(23-13-15-24(34)16-14-23)36(31)18-17-26(37)19-27(38)20-28(39)40/h3-16,21,26-27,37-38H,17-20H2,1-2H3,(H,35,41)(H,39,40)/t26-,27-/m0/s1. The van der Waals surface area contributed by atoms with Crippen LogP contribution in [-0.4, -0.2) is 44.0 Å². The number of aliphatic hydroxyl groups is 2. The van der Waals surface area contributed by atoms with Gasteiger partial charge in [0, 0.05) is 23.5 Å². The predicted molar refractivity (Wildman–Crippen MR) is 157 cm³/mol. The Labute approximate surface area is 238 Å². The first-order valence-electron chi connectivity index (χ1n) is 13.7. The fourth-order valence-electron chi connectivity index (χ4n) is 5.20. The Balaban J connectivity index is 1.89. The number of amides is 1. The molecule has 1 amide bonds. The van der Waals surface area contributed by atoms with Crippen LogP contribution in [0.15, 0.2) is 84.9 Å². The van der Waals surface area contributed by atoms with Crippen LogP contribution in [0.1, 0.15) is 55.1 Å². The van der Waals surface area contributed by atoms with Crippen LogP contribution in [0.2, 0.25) is 0 Å². The van der Waals surface area contributed by atoms with Crippen molar-refractivity contribution >= 4 is 17.6 Å². The average Bonchev–Trinajstić information content (AvgIpc) is 3.28. The molecule has 0 radical (unpaired) electrons. The zero-order valence-electron chi connectivity index (χ0n) is 23.1. The van der Waals surface area contributed by atoms with Crippen molar-refractivity contribution in [2.24, 2.45) is 0 Å². The molecule has 0 aliphatic heterocycles. The van der Waals surface area contributed by atoms with Gasteiger partial charge in [0.25, 0.3) is 5.91 Å². The fourth-order valence-corrected chi connectivity index (χ4v) is 5.20. The molecule has 0 unspecified atom stereocenters. The molecule has 41 heavy (non-hydrogen) atoms. The quantitative estimate of drug-likeness (QED) is 0.163. The zero-order chi connectivity index (χ0) is 29.5. The van der Waals surface area contributed by atoms with Crippen LogP contribution < -0.4 is 5.32 Å². The minimum Gasteiger partial charge on any atom is -0.481 e. The molecule has 0 bridgehead atoms. The maximum atomic E-state index is 14.0. The lowest BCUT2D eigenvalue weighted by molar-refractivity contribution is -0.139. The van der Waals surface area contributed by atoms with Crippen molar-refractivity contribution in [2.45, 2.75) is 57.8 Å². The Bertz CT molecular complexity index is 1470. The number of aliphatic hydroxyl groups excluding tert-OH is 2. The van der Waals surface area contributed by atoms with E-state index in [9.17, 15) is 24.2 Å². The lowest BCUT2D eigenvalue weighted by atomic mass is 9.94. The van der Waals surface area contributed by atoms with Gasteiger partial charge in [0.05, 0.1) is 29.9 Å². The summed E-state index contributed by atoms with van der Waals surface area (Å²) in [5, 5.41) is 32.8. The molecule has 4 aromatic rings. The predicted octanol–water partition coefficient (Wildman–Crippen LogP) is 6.31. The Morgan fingerprint density at radius 3 is 2.05 bits per heavy atom. The van der Waals surface area contributed by atoms with Gasteiger partial charge in [-0.3, -0.25) is 9.59 Å². The SMILES string of the molecule is CC(C)c1c(C(=O)Nc2ccccc2)c(-c2ccccc2)c(-c2ccc(F)cc2)n1CC[C@H](O)C[C@H](O)CC(=O)O. The van der Waals surface area contributed by atoms with Crippen molar-refractivity contribution in [1.29, 1.82) is 0 Å². The molecule has 2 atom stereocenters. The summed E-state index contributed by atoms with van der Waals surface area (Å²) < 4.78 is 16.0. The minimum absolute atomic E-state index is 0.0939. The van der Waals surface area contributed by atoms with Crippen molar-refractivity contribution < 1.29 is 29.3 Å². The Morgan fingerprint density at radius 1 is 0.854 bits per heavy atom. The highest BCUT2D eigenvalue weighted by Crippen LogP contribution is 2.42. The summed E-state index contributed by atoms with van der Waals surface area (Å²) in [6.45, 7) is 4.25. The van der Waals surface area contributed by atoms with Crippen LogP contribution in [0.3, 0.4) is 0 Å². The molecule has 0 aliphatic carbocycles. The molecular weight excluding hydrogens is 523 g/mol. The number of hydrogen-bond acceptors (Lipinski definition) is 4. The topological polar surface area (TPSA) is 112 Å². The number of carboxylic acid groups (broad SMARTS) is 1. The van der Waals surface area contributed by atoms with E-state index in [1.54, 1.807) is 12.1 Å². The van der Waals surface area contributed by atoms with E-state index in [1.807, 2.05) is 79.1 Å². The highest BCUT2D eigenvalue weighted by Gasteiger charge is 2.31. The van der Waals surface area contributed by atoms with Gasteiger partial charge in [-0.05, 0) is 66.3 Å². The number of carbonyl (C=O) groups is 2. The van der Waals surface area contributed by atoms with Crippen LogP contribution in [-0.2, 0) is 11.3 Å². The van der Waals surface area contributed by atoms with Crippen molar-refractivity contribution in [3.05, 3.63) is 102 Å². The summed E-state index contributed by atoms with van der Waals surface area (Å²) in [6.07, 6.45) is -2.51. The summed E-state index contributed by atoms with van der Waals surface area (Å²) in [4.78, 5) is 25.0. The lowest BCUT2D eigenvalue weighted by Gasteiger charge is -2.20. The Hall–Kier alpha value is -4.27. The molecule has 1 heterocycles. The highest BCUT2D eigenvalue weighted by atomic mass is 19.1. The fraction of sp³-hybridized carbons (Fsp3) is 0.273. The smallest absolute Gasteiger partial charge is 0.305 e.